The van der Waals surface area contributed by atoms with Gasteiger partial charge in [-0.15, -0.1) is 0 Å². The molecule has 0 aromatic heterocycles. The van der Waals surface area contributed by atoms with Crippen molar-refractivity contribution in [2.45, 2.75) is 13.3 Å². The number of anilines is 1. The fourth-order valence-corrected chi connectivity index (χ4v) is 3.21. The van der Waals surface area contributed by atoms with Crippen molar-refractivity contribution in [1.82, 2.24) is 9.80 Å². The zero-order valence-corrected chi connectivity index (χ0v) is 13.8. The van der Waals surface area contributed by atoms with Crippen LogP contribution in [0.1, 0.15) is 13.3 Å². The third-order valence-corrected chi connectivity index (χ3v) is 4.44. The number of amides is 1. The van der Waals surface area contributed by atoms with E-state index in [1.807, 2.05) is 24.3 Å². The number of hydrogen-bond acceptors (Lipinski definition) is 3. The molecule has 1 aliphatic heterocycles. The summed E-state index contributed by atoms with van der Waals surface area (Å²) in [5.74, 6) is 0.0743. The van der Waals surface area contributed by atoms with Crippen molar-refractivity contribution in [3.05, 3.63) is 42.5 Å². The molecular weight excluding hydrogens is 286 g/mol. The molecular formula is C19H25N3O. The molecule has 3 rings (SSSR count). The topological polar surface area (TPSA) is 35.6 Å². The molecule has 0 radical (unpaired) electrons. The molecule has 122 valence electrons. The second-order valence-electron chi connectivity index (χ2n) is 6.19. The maximum atomic E-state index is 12.4. The number of fused-ring (bicyclic) bond motifs is 1. The number of benzene rings is 2. The first-order valence-corrected chi connectivity index (χ1v) is 8.48. The molecule has 0 spiro atoms. The molecule has 0 aliphatic carbocycles. The van der Waals surface area contributed by atoms with Gasteiger partial charge in [-0.2, -0.15) is 0 Å². The first kappa shape index (κ1) is 16.0. The minimum Gasteiger partial charge on any atom is -0.324 e. The van der Waals surface area contributed by atoms with Crippen LogP contribution in [-0.4, -0.2) is 55.0 Å². The monoisotopic (exact) mass is 311 g/mol. The van der Waals surface area contributed by atoms with E-state index in [4.69, 9.17) is 0 Å². The van der Waals surface area contributed by atoms with Crippen LogP contribution >= 0.6 is 0 Å². The van der Waals surface area contributed by atoms with Gasteiger partial charge in [0.25, 0.3) is 0 Å². The van der Waals surface area contributed by atoms with E-state index >= 15 is 0 Å². The van der Waals surface area contributed by atoms with Crippen LogP contribution in [0.3, 0.4) is 0 Å². The molecule has 4 nitrogen and oxygen atoms in total. The SMILES string of the molecule is CCCN1CCN(CC(=O)Nc2cccc3ccccc23)CC1. The molecule has 1 fully saturated rings. The molecule has 1 aliphatic rings. The lowest BCUT2D eigenvalue weighted by atomic mass is 10.1. The van der Waals surface area contributed by atoms with Crippen molar-refractivity contribution in [3.63, 3.8) is 0 Å². The largest absolute Gasteiger partial charge is 0.324 e. The number of hydrogen-bond donors (Lipinski definition) is 1. The van der Waals surface area contributed by atoms with Gasteiger partial charge in [-0.05, 0) is 24.4 Å². The predicted octanol–water partition coefficient (Wildman–Crippen LogP) is 2.81. The minimum absolute atomic E-state index is 0.0743. The molecule has 1 amide bonds. The van der Waals surface area contributed by atoms with E-state index in [-0.39, 0.29) is 5.91 Å². The number of carbonyl (C=O) groups excluding carboxylic acids is 1. The maximum Gasteiger partial charge on any atom is 0.238 e. The van der Waals surface area contributed by atoms with Gasteiger partial charge in [0, 0.05) is 37.3 Å². The van der Waals surface area contributed by atoms with Gasteiger partial charge in [-0.25, -0.2) is 0 Å². The molecule has 0 saturated carbocycles. The second kappa shape index (κ2) is 7.57. The first-order chi connectivity index (χ1) is 11.3. The fourth-order valence-electron chi connectivity index (χ4n) is 3.21. The highest BCUT2D eigenvalue weighted by atomic mass is 16.2. The summed E-state index contributed by atoms with van der Waals surface area (Å²) in [6.45, 7) is 7.93. The maximum absolute atomic E-state index is 12.4. The van der Waals surface area contributed by atoms with Crippen LogP contribution in [0.2, 0.25) is 0 Å². The van der Waals surface area contributed by atoms with Crippen molar-refractivity contribution in [2.24, 2.45) is 0 Å². The Balaban J connectivity index is 1.57. The average Bonchev–Trinajstić information content (AvgIpc) is 2.57. The van der Waals surface area contributed by atoms with Crippen molar-refractivity contribution in [1.29, 1.82) is 0 Å². The second-order valence-corrected chi connectivity index (χ2v) is 6.19. The lowest BCUT2D eigenvalue weighted by Crippen LogP contribution is -2.48. The Kier molecular flexibility index (Phi) is 5.26. The summed E-state index contributed by atoms with van der Waals surface area (Å²) >= 11 is 0. The molecule has 0 unspecified atom stereocenters. The quantitative estimate of drug-likeness (QED) is 0.922. The lowest BCUT2D eigenvalue weighted by molar-refractivity contribution is -0.117. The average molecular weight is 311 g/mol. The molecule has 1 N–H and O–H groups in total. The van der Waals surface area contributed by atoms with E-state index in [1.54, 1.807) is 0 Å². The number of nitrogens with one attached hydrogen (secondary N) is 1. The number of carbonyl (C=O) groups is 1. The normalized spacial score (nSPS) is 16.6. The van der Waals surface area contributed by atoms with Crippen LogP contribution in [-0.2, 0) is 4.79 Å². The van der Waals surface area contributed by atoms with Crippen LogP contribution in [0.25, 0.3) is 10.8 Å². The summed E-state index contributed by atoms with van der Waals surface area (Å²) in [5.41, 5.74) is 0.901. The lowest BCUT2D eigenvalue weighted by Gasteiger charge is -2.34. The van der Waals surface area contributed by atoms with E-state index in [9.17, 15) is 4.79 Å². The van der Waals surface area contributed by atoms with E-state index in [1.165, 1.54) is 6.42 Å². The first-order valence-electron chi connectivity index (χ1n) is 8.48. The van der Waals surface area contributed by atoms with Gasteiger partial charge in [0.1, 0.15) is 0 Å². The van der Waals surface area contributed by atoms with E-state index in [2.05, 4.69) is 40.2 Å². The number of rotatable bonds is 5. The summed E-state index contributed by atoms with van der Waals surface area (Å²) in [6.07, 6.45) is 1.20. The Morgan fingerprint density at radius 2 is 1.70 bits per heavy atom. The van der Waals surface area contributed by atoms with E-state index in [0.717, 1.165) is 49.2 Å². The summed E-state index contributed by atoms with van der Waals surface area (Å²) in [7, 11) is 0. The molecule has 23 heavy (non-hydrogen) atoms. The molecule has 2 aromatic rings. The van der Waals surface area contributed by atoms with Gasteiger partial charge in [0.05, 0.1) is 6.54 Å². The van der Waals surface area contributed by atoms with Crippen LogP contribution < -0.4 is 5.32 Å². The number of piperazine rings is 1. The van der Waals surface area contributed by atoms with Crippen LogP contribution in [0.5, 0.6) is 0 Å². The zero-order valence-electron chi connectivity index (χ0n) is 13.8. The Morgan fingerprint density at radius 1 is 1.00 bits per heavy atom. The van der Waals surface area contributed by atoms with Gasteiger partial charge in [0.2, 0.25) is 5.91 Å². The Bertz CT molecular complexity index is 657. The molecule has 0 bridgehead atoms. The molecule has 4 heteroatoms. The van der Waals surface area contributed by atoms with Crippen molar-refractivity contribution in [2.75, 3.05) is 44.6 Å². The third-order valence-electron chi connectivity index (χ3n) is 4.44. The summed E-state index contributed by atoms with van der Waals surface area (Å²) < 4.78 is 0. The van der Waals surface area contributed by atoms with Crippen LogP contribution in [0.15, 0.2) is 42.5 Å². The zero-order chi connectivity index (χ0) is 16.1. The highest BCUT2D eigenvalue weighted by Crippen LogP contribution is 2.22. The van der Waals surface area contributed by atoms with Gasteiger partial charge in [-0.3, -0.25) is 9.69 Å². The standard InChI is InChI=1S/C19H25N3O/c1-2-10-21-11-13-22(14-12-21)15-19(23)20-18-9-5-7-16-6-3-4-8-17(16)18/h3-9H,2,10-15H2,1H3,(H,20,23). The van der Waals surface area contributed by atoms with Crippen molar-refractivity contribution >= 4 is 22.4 Å². The molecule has 0 atom stereocenters. The highest BCUT2D eigenvalue weighted by molar-refractivity contribution is 6.02. The number of nitrogens with zero attached hydrogens (tertiary/aromatic N) is 2. The Morgan fingerprint density at radius 3 is 2.48 bits per heavy atom. The Labute approximate surface area is 138 Å². The predicted molar refractivity (Wildman–Crippen MR) is 95.7 cm³/mol. The summed E-state index contributed by atoms with van der Waals surface area (Å²) in [6, 6.07) is 14.2. The summed E-state index contributed by atoms with van der Waals surface area (Å²) in [4.78, 5) is 17.1. The van der Waals surface area contributed by atoms with E-state index < -0.39 is 0 Å². The van der Waals surface area contributed by atoms with Crippen LogP contribution in [0.4, 0.5) is 5.69 Å². The molecule has 1 saturated heterocycles. The van der Waals surface area contributed by atoms with Gasteiger partial charge in [-0.1, -0.05) is 43.3 Å². The highest BCUT2D eigenvalue weighted by Gasteiger charge is 2.18. The van der Waals surface area contributed by atoms with Gasteiger partial charge < -0.3 is 10.2 Å². The molecule has 2 aromatic carbocycles. The Hall–Kier alpha value is -1.91. The molecule has 1 heterocycles. The van der Waals surface area contributed by atoms with Crippen molar-refractivity contribution < 1.29 is 4.79 Å². The van der Waals surface area contributed by atoms with Crippen molar-refractivity contribution in [3.8, 4) is 0 Å². The summed E-state index contributed by atoms with van der Waals surface area (Å²) in [5, 5.41) is 5.32. The van der Waals surface area contributed by atoms with Gasteiger partial charge in [0.15, 0.2) is 0 Å². The van der Waals surface area contributed by atoms with E-state index in [0.29, 0.717) is 6.54 Å². The smallest absolute Gasteiger partial charge is 0.238 e. The fraction of sp³-hybridized carbons (Fsp3) is 0.421. The van der Waals surface area contributed by atoms with Crippen LogP contribution in [0, 0.1) is 0 Å². The third kappa shape index (κ3) is 4.09. The minimum atomic E-state index is 0.0743. The van der Waals surface area contributed by atoms with Gasteiger partial charge >= 0.3 is 0 Å².